The van der Waals surface area contributed by atoms with E-state index >= 15 is 0 Å². The largest absolute Gasteiger partial charge is 0.494 e. The lowest BCUT2D eigenvalue weighted by Gasteiger charge is -2.21. The fourth-order valence-corrected chi connectivity index (χ4v) is 2.30. The van der Waals surface area contributed by atoms with E-state index in [1.165, 1.54) is 19.2 Å². The summed E-state index contributed by atoms with van der Waals surface area (Å²) in [4.78, 5) is 4.44. The molecule has 0 fully saturated rings. The minimum Gasteiger partial charge on any atom is -0.494 e. The Morgan fingerprint density at radius 3 is 2.67 bits per heavy atom. The first kappa shape index (κ1) is 16.2. The molecule has 0 aliphatic heterocycles. The number of benzene rings is 1. The number of methoxy groups -OCH3 is 1. The zero-order valence-electron chi connectivity index (χ0n) is 11.5. The second-order valence-electron chi connectivity index (χ2n) is 4.78. The highest BCUT2D eigenvalue weighted by Crippen LogP contribution is 2.33. The Hall–Kier alpha value is -1.17. The van der Waals surface area contributed by atoms with Crippen LogP contribution in [0.4, 0.5) is 4.39 Å². The van der Waals surface area contributed by atoms with E-state index in [0.29, 0.717) is 28.0 Å². The van der Waals surface area contributed by atoms with Gasteiger partial charge in [-0.05, 0) is 37.3 Å². The van der Waals surface area contributed by atoms with E-state index in [-0.39, 0.29) is 5.02 Å². The molecule has 0 saturated carbocycles. The Balaban J connectivity index is 2.59. The van der Waals surface area contributed by atoms with Crippen LogP contribution < -0.4 is 4.74 Å². The van der Waals surface area contributed by atoms with Crippen molar-refractivity contribution in [2.45, 2.75) is 12.5 Å². The fraction of sp³-hybridized carbons (Fsp3) is 0.267. The predicted molar refractivity (Wildman–Crippen MR) is 84.6 cm³/mol. The molecule has 0 radical (unpaired) electrons. The van der Waals surface area contributed by atoms with E-state index in [1.807, 2.05) is 0 Å². The van der Waals surface area contributed by atoms with Crippen LogP contribution in [0.1, 0.15) is 12.6 Å². The minimum absolute atomic E-state index is 0.00834. The van der Waals surface area contributed by atoms with Gasteiger partial charge >= 0.3 is 0 Å². The van der Waals surface area contributed by atoms with Crippen molar-refractivity contribution in [3.8, 4) is 17.0 Å². The molecule has 1 atom stereocenters. The molecule has 0 aliphatic rings. The number of hydrogen-bond acceptors (Lipinski definition) is 3. The molecule has 0 aliphatic carbocycles. The number of halogens is 3. The van der Waals surface area contributed by atoms with Crippen LogP contribution in [-0.4, -0.2) is 22.5 Å². The number of aliphatic hydroxyl groups is 1. The minimum atomic E-state index is -1.12. The van der Waals surface area contributed by atoms with Gasteiger partial charge in [0.05, 0.1) is 17.8 Å². The van der Waals surface area contributed by atoms with Crippen molar-refractivity contribution >= 4 is 27.5 Å². The molecule has 21 heavy (non-hydrogen) atoms. The van der Waals surface area contributed by atoms with Crippen LogP contribution in [0.3, 0.4) is 0 Å². The molecular weight excluding hydrogens is 361 g/mol. The van der Waals surface area contributed by atoms with Gasteiger partial charge in [0.15, 0.2) is 0 Å². The number of aromatic nitrogens is 1. The van der Waals surface area contributed by atoms with Gasteiger partial charge in [0, 0.05) is 10.9 Å². The summed E-state index contributed by atoms with van der Waals surface area (Å²) in [6.45, 7) is 1.65. The van der Waals surface area contributed by atoms with Gasteiger partial charge in [-0.15, -0.1) is 0 Å². The summed E-state index contributed by atoms with van der Waals surface area (Å²) < 4.78 is 18.6. The van der Waals surface area contributed by atoms with E-state index in [0.717, 1.165) is 0 Å². The number of ether oxygens (including phenoxy) is 1. The second-order valence-corrected chi connectivity index (χ2v) is 5.75. The highest BCUT2D eigenvalue weighted by molar-refractivity contribution is 9.09. The Labute approximate surface area is 135 Å². The van der Waals surface area contributed by atoms with Gasteiger partial charge in [0.2, 0.25) is 0 Å². The lowest BCUT2D eigenvalue weighted by atomic mass is 10.0. The van der Waals surface area contributed by atoms with Crippen LogP contribution in [0.5, 0.6) is 5.75 Å². The maximum atomic E-state index is 13.3. The van der Waals surface area contributed by atoms with Gasteiger partial charge in [0.25, 0.3) is 0 Å². The molecule has 2 rings (SSSR count). The maximum absolute atomic E-state index is 13.3. The lowest BCUT2D eigenvalue weighted by molar-refractivity contribution is 0.0805. The van der Waals surface area contributed by atoms with Crippen LogP contribution in [-0.2, 0) is 5.60 Å². The third-order valence-electron chi connectivity index (χ3n) is 3.08. The summed E-state index contributed by atoms with van der Waals surface area (Å²) in [7, 11) is 1.52. The van der Waals surface area contributed by atoms with Crippen LogP contribution in [0, 0.1) is 5.82 Å². The van der Waals surface area contributed by atoms with Crippen molar-refractivity contribution in [3.05, 3.63) is 46.9 Å². The Morgan fingerprint density at radius 1 is 1.38 bits per heavy atom. The van der Waals surface area contributed by atoms with E-state index < -0.39 is 11.4 Å². The van der Waals surface area contributed by atoms with Gasteiger partial charge < -0.3 is 9.84 Å². The molecule has 0 saturated heterocycles. The average Bonchev–Trinajstić information content (AvgIpc) is 2.49. The van der Waals surface area contributed by atoms with Crippen molar-refractivity contribution in [3.63, 3.8) is 0 Å². The van der Waals surface area contributed by atoms with Gasteiger partial charge in [-0.3, -0.25) is 0 Å². The molecule has 1 unspecified atom stereocenters. The first-order chi connectivity index (χ1) is 9.89. The quantitative estimate of drug-likeness (QED) is 0.818. The molecule has 1 aromatic carbocycles. The maximum Gasteiger partial charge on any atom is 0.145 e. The Morgan fingerprint density at radius 2 is 2.10 bits per heavy atom. The van der Waals surface area contributed by atoms with E-state index in [9.17, 15) is 9.50 Å². The van der Waals surface area contributed by atoms with Gasteiger partial charge in [-0.2, -0.15) is 0 Å². The van der Waals surface area contributed by atoms with Crippen molar-refractivity contribution in [1.82, 2.24) is 4.98 Å². The van der Waals surface area contributed by atoms with E-state index in [2.05, 4.69) is 20.9 Å². The molecule has 1 aromatic heterocycles. The average molecular weight is 375 g/mol. The van der Waals surface area contributed by atoms with Crippen LogP contribution in [0.15, 0.2) is 30.3 Å². The van der Waals surface area contributed by atoms with E-state index in [1.54, 1.807) is 25.1 Å². The monoisotopic (exact) mass is 373 g/mol. The smallest absolute Gasteiger partial charge is 0.145 e. The molecular formula is C15H14BrClFNO2. The SMILES string of the molecule is COc1ccc(C(C)(O)CBr)nc1-c1ccc(F)c(Cl)c1. The van der Waals surface area contributed by atoms with Crippen LogP contribution >= 0.6 is 27.5 Å². The van der Waals surface area contributed by atoms with Crippen molar-refractivity contribution in [1.29, 1.82) is 0 Å². The first-order valence-corrected chi connectivity index (χ1v) is 7.68. The molecule has 6 heteroatoms. The summed E-state index contributed by atoms with van der Waals surface area (Å²) in [5, 5.41) is 10.6. The highest BCUT2D eigenvalue weighted by Gasteiger charge is 2.25. The Bertz CT molecular complexity index is 664. The summed E-state index contributed by atoms with van der Waals surface area (Å²) in [6, 6.07) is 7.72. The molecule has 0 spiro atoms. The third kappa shape index (κ3) is 3.36. The zero-order valence-corrected chi connectivity index (χ0v) is 13.9. The normalized spacial score (nSPS) is 13.8. The number of alkyl halides is 1. The highest BCUT2D eigenvalue weighted by atomic mass is 79.9. The van der Waals surface area contributed by atoms with Gasteiger partial charge in [0.1, 0.15) is 22.9 Å². The zero-order chi connectivity index (χ0) is 15.6. The first-order valence-electron chi connectivity index (χ1n) is 6.18. The van der Waals surface area contributed by atoms with E-state index in [4.69, 9.17) is 16.3 Å². The summed E-state index contributed by atoms with van der Waals surface area (Å²) >= 11 is 9.07. The number of nitrogens with zero attached hydrogens (tertiary/aromatic N) is 1. The number of rotatable bonds is 4. The van der Waals surface area contributed by atoms with Crippen molar-refractivity contribution in [2.75, 3.05) is 12.4 Å². The lowest BCUT2D eigenvalue weighted by Crippen LogP contribution is -2.24. The van der Waals surface area contributed by atoms with Crippen LogP contribution in [0.25, 0.3) is 11.3 Å². The van der Waals surface area contributed by atoms with Gasteiger partial charge in [-0.1, -0.05) is 27.5 Å². The molecule has 1 heterocycles. The van der Waals surface area contributed by atoms with Crippen molar-refractivity contribution in [2.24, 2.45) is 0 Å². The number of hydrogen-bond donors (Lipinski definition) is 1. The molecule has 3 nitrogen and oxygen atoms in total. The molecule has 112 valence electrons. The Kier molecular flexibility index (Phi) is 4.86. The summed E-state index contributed by atoms with van der Waals surface area (Å²) in [5.74, 6) is 0.0230. The molecule has 0 bridgehead atoms. The molecule has 0 amide bonds. The van der Waals surface area contributed by atoms with Gasteiger partial charge in [-0.25, -0.2) is 9.37 Å². The fourth-order valence-electron chi connectivity index (χ4n) is 1.83. The van der Waals surface area contributed by atoms with Crippen LogP contribution in [0.2, 0.25) is 5.02 Å². The number of pyridine rings is 1. The standard InChI is InChI=1S/C15H14BrClFNO2/c1-15(20,8-16)13-6-5-12(21-2)14(19-13)9-3-4-11(18)10(17)7-9/h3-7,20H,8H2,1-2H3. The summed E-state index contributed by atoms with van der Waals surface area (Å²) in [5.41, 5.74) is 0.476. The predicted octanol–water partition coefficient (Wildman–Crippen LogP) is 4.15. The third-order valence-corrected chi connectivity index (χ3v) is 4.46. The second kappa shape index (κ2) is 6.30. The topological polar surface area (TPSA) is 42.4 Å². The van der Waals surface area contributed by atoms with Crippen molar-refractivity contribution < 1.29 is 14.2 Å². The molecule has 2 aromatic rings. The summed E-state index contributed by atoms with van der Waals surface area (Å²) in [6.07, 6.45) is 0. The molecule has 1 N–H and O–H groups in total.